The predicted octanol–water partition coefficient (Wildman–Crippen LogP) is 2.15. The van der Waals surface area contributed by atoms with Gasteiger partial charge in [-0.15, -0.1) is 6.58 Å². The third-order valence-corrected chi connectivity index (χ3v) is 2.65. The highest BCUT2D eigenvalue weighted by Crippen LogP contribution is 2.21. The first-order valence-electron chi connectivity index (χ1n) is 5.77. The first-order chi connectivity index (χ1) is 9.17. The molecule has 0 spiro atoms. The number of rotatable bonds is 6. The highest BCUT2D eigenvalue weighted by molar-refractivity contribution is 6.35. The Morgan fingerprint density at radius 1 is 1.42 bits per heavy atom. The van der Waals surface area contributed by atoms with Crippen LogP contribution in [0, 0.1) is 0 Å². The van der Waals surface area contributed by atoms with Crippen LogP contribution < -0.4 is 16.0 Å². The maximum atomic E-state index is 5.99. The molecule has 0 saturated carbocycles. The zero-order valence-electron chi connectivity index (χ0n) is 10.7. The van der Waals surface area contributed by atoms with Crippen molar-refractivity contribution in [2.45, 2.75) is 0 Å². The van der Waals surface area contributed by atoms with Crippen LogP contribution in [0.1, 0.15) is 0 Å². The zero-order valence-corrected chi connectivity index (χ0v) is 12.2. The van der Waals surface area contributed by atoms with Crippen molar-refractivity contribution in [1.29, 1.82) is 0 Å². The maximum absolute atomic E-state index is 5.99. The van der Waals surface area contributed by atoms with Crippen molar-refractivity contribution in [3.05, 3.63) is 35.0 Å². The smallest absolute Gasteiger partial charge is 0.191 e. The molecule has 0 fully saturated rings. The average molecular weight is 302 g/mol. The zero-order chi connectivity index (χ0) is 14.1. The van der Waals surface area contributed by atoms with Crippen molar-refractivity contribution >= 4 is 35.0 Å². The number of nitrogens with zero attached hydrogens (tertiary/aromatic N) is 2. The Hall–Kier alpha value is -1.46. The van der Waals surface area contributed by atoms with E-state index in [-0.39, 0.29) is 0 Å². The topological polar surface area (TPSA) is 61.3 Å². The molecule has 0 aromatic carbocycles. The summed E-state index contributed by atoms with van der Waals surface area (Å²) in [6.07, 6.45) is 3.32. The van der Waals surface area contributed by atoms with Crippen molar-refractivity contribution in [2.75, 3.05) is 32.0 Å². The summed E-state index contributed by atoms with van der Waals surface area (Å²) in [6, 6.07) is 1.65. The predicted molar refractivity (Wildman–Crippen MR) is 82.3 cm³/mol. The number of aromatic nitrogens is 1. The van der Waals surface area contributed by atoms with E-state index in [4.69, 9.17) is 23.2 Å². The standard InChI is InChI=1S/C12H17Cl2N5/c1-3-4-17-12(15-2)18-6-5-16-11-10(14)7-9(13)8-19-11/h3,7-8H,1,4-6H2,2H3,(H,16,19)(H2,15,17,18). The lowest BCUT2D eigenvalue weighted by Gasteiger charge is -2.11. The Bertz CT molecular complexity index is 448. The molecule has 104 valence electrons. The Kier molecular flexibility index (Phi) is 7.07. The third-order valence-electron chi connectivity index (χ3n) is 2.16. The number of hydrogen-bond donors (Lipinski definition) is 3. The van der Waals surface area contributed by atoms with Crippen molar-refractivity contribution in [3.63, 3.8) is 0 Å². The van der Waals surface area contributed by atoms with Crippen LogP contribution in [-0.2, 0) is 0 Å². The first kappa shape index (κ1) is 15.6. The molecule has 1 rings (SSSR count). The molecule has 1 aromatic heterocycles. The Morgan fingerprint density at radius 3 is 2.84 bits per heavy atom. The summed E-state index contributed by atoms with van der Waals surface area (Å²) in [5, 5.41) is 10.3. The molecule has 1 aromatic rings. The van der Waals surface area contributed by atoms with E-state index in [0.29, 0.717) is 35.5 Å². The first-order valence-corrected chi connectivity index (χ1v) is 6.53. The number of guanidine groups is 1. The van der Waals surface area contributed by atoms with E-state index in [1.165, 1.54) is 0 Å². The van der Waals surface area contributed by atoms with Gasteiger partial charge in [0.2, 0.25) is 0 Å². The molecule has 0 aliphatic heterocycles. The van der Waals surface area contributed by atoms with Gasteiger partial charge in [-0.2, -0.15) is 0 Å². The second kappa shape index (κ2) is 8.61. The molecule has 0 aliphatic carbocycles. The molecule has 7 heteroatoms. The number of nitrogens with one attached hydrogen (secondary N) is 3. The lowest BCUT2D eigenvalue weighted by Crippen LogP contribution is -2.39. The van der Waals surface area contributed by atoms with Crippen LogP contribution in [0.15, 0.2) is 29.9 Å². The quantitative estimate of drug-likeness (QED) is 0.326. The molecule has 0 saturated heterocycles. The van der Waals surface area contributed by atoms with Crippen LogP contribution in [0.2, 0.25) is 10.0 Å². The van der Waals surface area contributed by atoms with Gasteiger partial charge in [-0.3, -0.25) is 4.99 Å². The molecule has 0 bridgehead atoms. The van der Waals surface area contributed by atoms with Crippen molar-refractivity contribution in [2.24, 2.45) is 4.99 Å². The van der Waals surface area contributed by atoms with Gasteiger partial charge in [0.25, 0.3) is 0 Å². The van der Waals surface area contributed by atoms with Crippen LogP contribution in [0.5, 0.6) is 0 Å². The molecular weight excluding hydrogens is 285 g/mol. The fourth-order valence-electron chi connectivity index (χ4n) is 1.30. The normalized spacial score (nSPS) is 11.0. The largest absolute Gasteiger partial charge is 0.367 e. The molecule has 0 amide bonds. The van der Waals surface area contributed by atoms with Crippen molar-refractivity contribution in [3.8, 4) is 0 Å². The minimum atomic E-state index is 0.502. The maximum Gasteiger partial charge on any atom is 0.191 e. The van der Waals surface area contributed by atoms with Gasteiger partial charge in [-0.1, -0.05) is 29.3 Å². The highest BCUT2D eigenvalue weighted by Gasteiger charge is 2.02. The molecule has 0 aliphatic rings. The van der Waals surface area contributed by atoms with Crippen LogP contribution in [0.3, 0.4) is 0 Å². The van der Waals surface area contributed by atoms with Crippen molar-refractivity contribution < 1.29 is 0 Å². The average Bonchev–Trinajstić information content (AvgIpc) is 2.40. The number of anilines is 1. The summed E-state index contributed by atoms with van der Waals surface area (Å²) >= 11 is 11.8. The van der Waals surface area contributed by atoms with Crippen LogP contribution in [-0.4, -0.2) is 37.6 Å². The van der Waals surface area contributed by atoms with E-state index in [0.717, 1.165) is 5.96 Å². The van der Waals surface area contributed by atoms with E-state index in [1.54, 1.807) is 25.4 Å². The molecule has 0 radical (unpaired) electrons. The van der Waals surface area contributed by atoms with E-state index in [1.807, 2.05) is 0 Å². The SMILES string of the molecule is C=CCNC(=NC)NCCNc1ncc(Cl)cc1Cl. The van der Waals surface area contributed by atoms with E-state index >= 15 is 0 Å². The van der Waals surface area contributed by atoms with E-state index < -0.39 is 0 Å². The summed E-state index contributed by atoms with van der Waals surface area (Å²) < 4.78 is 0. The Morgan fingerprint density at radius 2 is 2.21 bits per heavy atom. The summed E-state index contributed by atoms with van der Waals surface area (Å²) in [4.78, 5) is 8.16. The van der Waals surface area contributed by atoms with Gasteiger partial charge < -0.3 is 16.0 Å². The van der Waals surface area contributed by atoms with Gasteiger partial charge in [-0.25, -0.2) is 4.98 Å². The minimum absolute atomic E-state index is 0.502. The van der Waals surface area contributed by atoms with Crippen LogP contribution in [0.4, 0.5) is 5.82 Å². The van der Waals surface area contributed by atoms with Crippen molar-refractivity contribution in [1.82, 2.24) is 15.6 Å². The monoisotopic (exact) mass is 301 g/mol. The Balaban J connectivity index is 2.32. The van der Waals surface area contributed by atoms with Gasteiger partial charge in [0.1, 0.15) is 5.82 Å². The second-order valence-electron chi connectivity index (χ2n) is 3.58. The summed E-state index contributed by atoms with van der Waals surface area (Å²) in [7, 11) is 1.71. The highest BCUT2D eigenvalue weighted by atomic mass is 35.5. The van der Waals surface area contributed by atoms with Gasteiger partial charge in [0.15, 0.2) is 5.96 Å². The summed E-state index contributed by atoms with van der Waals surface area (Å²) in [5.74, 6) is 1.33. The number of pyridine rings is 1. The fourth-order valence-corrected chi connectivity index (χ4v) is 1.74. The van der Waals surface area contributed by atoms with Gasteiger partial charge in [0, 0.05) is 32.9 Å². The molecule has 3 N–H and O–H groups in total. The van der Waals surface area contributed by atoms with Gasteiger partial charge >= 0.3 is 0 Å². The van der Waals surface area contributed by atoms with Crippen LogP contribution >= 0.6 is 23.2 Å². The molecule has 1 heterocycles. The summed E-state index contributed by atoms with van der Waals surface area (Å²) in [6.45, 7) is 5.63. The van der Waals surface area contributed by atoms with Gasteiger partial charge in [-0.05, 0) is 6.07 Å². The minimum Gasteiger partial charge on any atom is -0.367 e. The lowest BCUT2D eigenvalue weighted by molar-refractivity contribution is 0.847. The fraction of sp³-hybridized carbons (Fsp3) is 0.333. The summed E-state index contributed by atoms with van der Waals surface area (Å²) in [5.41, 5.74) is 0. The molecule has 0 atom stereocenters. The van der Waals surface area contributed by atoms with E-state index in [9.17, 15) is 0 Å². The second-order valence-corrected chi connectivity index (χ2v) is 4.42. The number of aliphatic imine (C=N–C) groups is 1. The van der Waals surface area contributed by atoms with Gasteiger partial charge in [0.05, 0.1) is 10.0 Å². The number of hydrogen-bond acceptors (Lipinski definition) is 3. The van der Waals surface area contributed by atoms with Crippen LogP contribution in [0.25, 0.3) is 0 Å². The number of halogens is 2. The molecule has 19 heavy (non-hydrogen) atoms. The lowest BCUT2D eigenvalue weighted by atomic mass is 10.4. The molecule has 0 unspecified atom stereocenters. The molecular formula is C12H17Cl2N5. The Labute approximate surface area is 123 Å². The molecule has 5 nitrogen and oxygen atoms in total. The third kappa shape index (κ3) is 5.81. The van der Waals surface area contributed by atoms with E-state index in [2.05, 4.69) is 32.5 Å².